The molecule has 0 radical (unpaired) electrons. The topological polar surface area (TPSA) is 56.0 Å². The van der Waals surface area contributed by atoms with E-state index >= 15 is 0 Å². The Bertz CT molecular complexity index is 764. The molecule has 1 atom stereocenters. The van der Waals surface area contributed by atoms with Gasteiger partial charge in [-0.3, -0.25) is 13.9 Å². The lowest BCUT2D eigenvalue weighted by molar-refractivity contribution is 0.539. The summed E-state index contributed by atoms with van der Waals surface area (Å²) in [6, 6.07) is 9.55. The molecule has 6 heteroatoms. The van der Waals surface area contributed by atoms with Crippen LogP contribution in [-0.4, -0.2) is 9.13 Å². The zero-order valence-electron chi connectivity index (χ0n) is 12.3. The van der Waals surface area contributed by atoms with E-state index in [1.165, 1.54) is 17.7 Å². The molecule has 0 unspecified atom stereocenters. The highest BCUT2D eigenvalue weighted by Gasteiger charge is 2.10. The molecule has 21 heavy (non-hydrogen) atoms. The average Bonchev–Trinajstić information content (AvgIpc) is 2.47. The molecule has 2 rings (SSSR count). The first-order valence-corrected chi connectivity index (χ1v) is 7.45. The highest BCUT2D eigenvalue weighted by molar-refractivity contribution is 9.10. The molecule has 0 spiro atoms. The van der Waals surface area contributed by atoms with Crippen LogP contribution in [0.5, 0.6) is 0 Å². The van der Waals surface area contributed by atoms with Gasteiger partial charge in [-0.25, -0.2) is 4.79 Å². The minimum absolute atomic E-state index is 0.0970. The second kappa shape index (κ2) is 6.41. The van der Waals surface area contributed by atoms with E-state index in [0.29, 0.717) is 12.2 Å². The van der Waals surface area contributed by atoms with E-state index < -0.39 is 0 Å². The van der Waals surface area contributed by atoms with Crippen LogP contribution in [0.1, 0.15) is 24.2 Å². The third-order valence-electron chi connectivity index (χ3n) is 3.59. The van der Waals surface area contributed by atoms with Gasteiger partial charge in [-0.15, -0.1) is 0 Å². The fraction of sp³-hybridized carbons (Fsp3) is 0.333. The van der Waals surface area contributed by atoms with Crippen molar-refractivity contribution in [1.29, 1.82) is 0 Å². The first kappa shape index (κ1) is 15.7. The zero-order valence-corrected chi connectivity index (χ0v) is 13.8. The third-order valence-corrected chi connectivity index (χ3v) is 4.31. The SMILES string of the molecule is C[C@@H](NCc1cc(=O)n(C)c(=O)n1C)c1ccccc1Br. The van der Waals surface area contributed by atoms with Gasteiger partial charge < -0.3 is 5.32 Å². The molecule has 0 saturated carbocycles. The van der Waals surface area contributed by atoms with Gasteiger partial charge in [0, 0.05) is 42.9 Å². The minimum Gasteiger partial charge on any atom is -0.305 e. The molecule has 0 saturated heterocycles. The summed E-state index contributed by atoms with van der Waals surface area (Å²) in [6.07, 6.45) is 0. The molecule has 1 heterocycles. The minimum atomic E-state index is -0.312. The van der Waals surface area contributed by atoms with Gasteiger partial charge in [-0.1, -0.05) is 34.1 Å². The number of hydrogen-bond acceptors (Lipinski definition) is 3. The quantitative estimate of drug-likeness (QED) is 0.911. The highest BCUT2D eigenvalue weighted by Crippen LogP contribution is 2.22. The number of benzene rings is 1. The zero-order chi connectivity index (χ0) is 15.6. The summed E-state index contributed by atoms with van der Waals surface area (Å²) in [5.74, 6) is 0. The van der Waals surface area contributed by atoms with Gasteiger partial charge in [0.2, 0.25) is 0 Å². The van der Waals surface area contributed by atoms with E-state index in [1.54, 1.807) is 7.05 Å². The Morgan fingerprint density at radius 1 is 1.19 bits per heavy atom. The molecule has 0 aliphatic carbocycles. The Morgan fingerprint density at radius 2 is 1.86 bits per heavy atom. The fourth-order valence-electron chi connectivity index (χ4n) is 2.14. The summed E-state index contributed by atoms with van der Waals surface area (Å²) in [4.78, 5) is 23.6. The molecule has 5 nitrogen and oxygen atoms in total. The van der Waals surface area contributed by atoms with Crippen molar-refractivity contribution in [3.05, 3.63) is 66.9 Å². The molecule has 0 bridgehead atoms. The van der Waals surface area contributed by atoms with Crippen molar-refractivity contribution in [2.24, 2.45) is 14.1 Å². The van der Waals surface area contributed by atoms with Crippen molar-refractivity contribution >= 4 is 15.9 Å². The van der Waals surface area contributed by atoms with E-state index in [4.69, 9.17) is 0 Å². The van der Waals surface area contributed by atoms with Crippen LogP contribution in [0.2, 0.25) is 0 Å². The van der Waals surface area contributed by atoms with Crippen molar-refractivity contribution in [2.75, 3.05) is 0 Å². The van der Waals surface area contributed by atoms with E-state index in [2.05, 4.69) is 21.2 Å². The summed E-state index contributed by atoms with van der Waals surface area (Å²) in [6.45, 7) is 2.49. The largest absolute Gasteiger partial charge is 0.330 e. The molecule has 1 aromatic carbocycles. The molecule has 0 aliphatic rings. The molecule has 2 aromatic rings. The van der Waals surface area contributed by atoms with Gasteiger partial charge >= 0.3 is 5.69 Å². The third kappa shape index (κ3) is 3.33. The lowest BCUT2D eigenvalue weighted by atomic mass is 10.1. The number of nitrogens with one attached hydrogen (secondary N) is 1. The van der Waals surface area contributed by atoms with E-state index in [-0.39, 0.29) is 17.3 Å². The molecule has 112 valence electrons. The summed E-state index contributed by atoms with van der Waals surface area (Å²) >= 11 is 3.52. The van der Waals surface area contributed by atoms with E-state index in [1.807, 2.05) is 31.2 Å². The number of halogens is 1. The van der Waals surface area contributed by atoms with Crippen LogP contribution >= 0.6 is 15.9 Å². The Balaban J connectivity index is 2.20. The maximum Gasteiger partial charge on any atom is 0.330 e. The van der Waals surface area contributed by atoms with Gasteiger partial charge in [0.25, 0.3) is 5.56 Å². The molecule has 0 fully saturated rings. The number of aromatic nitrogens is 2. The van der Waals surface area contributed by atoms with E-state index in [0.717, 1.165) is 14.6 Å². The Morgan fingerprint density at radius 3 is 2.52 bits per heavy atom. The molecule has 1 N–H and O–H groups in total. The van der Waals surface area contributed by atoms with Gasteiger partial charge in [0.15, 0.2) is 0 Å². The van der Waals surface area contributed by atoms with Crippen LogP contribution in [0.25, 0.3) is 0 Å². The predicted octanol–water partition coefficient (Wildman–Crippen LogP) is 1.70. The second-order valence-electron chi connectivity index (χ2n) is 5.00. The maximum atomic E-state index is 11.9. The summed E-state index contributed by atoms with van der Waals surface area (Å²) in [5, 5.41) is 3.33. The van der Waals surface area contributed by atoms with Crippen molar-refractivity contribution in [1.82, 2.24) is 14.5 Å². The number of hydrogen-bond donors (Lipinski definition) is 1. The first-order valence-electron chi connectivity index (χ1n) is 6.65. The standard InChI is InChI=1S/C15H18BrN3O2/c1-10(12-6-4-5-7-13(12)16)17-9-11-8-14(20)19(3)15(21)18(11)2/h4-8,10,17H,9H2,1-3H3/t10-/m1/s1. The second-order valence-corrected chi connectivity index (χ2v) is 5.85. The van der Waals surface area contributed by atoms with Crippen molar-refractivity contribution in [3.63, 3.8) is 0 Å². The average molecular weight is 352 g/mol. The molecule has 0 aliphatic heterocycles. The summed E-state index contributed by atoms with van der Waals surface area (Å²) in [5.41, 5.74) is 1.20. The van der Waals surface area contributed by atoms with Crippen molar-refractivity contribution in [2.45, 2.75) is 19.5 Å². The molecular formula is C15H18BrN3O2. The Kier molecular flexibility index (Phi) is 4.80. The van der Waals surface area contributed by atoms with E-state index in [9.17, 15) is 9.59 Å². The number of nitrogens with zero attached hydrogens (tertiary/aromatic N) is 2. The lowest BCUT2D eigenvalue weighted by Crippen LogP contribution is -2.39. The van der Waals surface area contributed by atoms with Gasteiger partial charge in [0.05, 0.1) is 0 Å². The Hall–Kier alpha value is -1.66. The van der Waals surface area contributed by atoms with Crippen LogP contribution in [0.15, 0.2) is 44.4 Å². The molecular weight excluding hydrogens is 334 g/mol. The monoisotopic (exact) mass is 351 g/mol. The number of rotatable bonds is 4. The highest BCUT2D eigenvalue weighted by atomic mass is 79.9. The normalized spacial score (nSPS) is 12.4. The van der Waals surface area contributed by atoms with Crippen LogP contribution in [0.4, 0.5) is 0 Å². The van der Waals surface area contributed by atoms with Crippen LogP contribution < -0.4 is 16.6 Å². The van der Waals surface area contributed by atoms with Crippen molar-refractivity contribution < 1.29 is 0 Å². The van der Waals surface area contributed by atoms with Crippen LogP contribution in [0.3, 0.4) is 0 Å². The lowest BCUT2D eigenvalue weighted by Gasteiger charge is -2.17. The maximum absolute atomic E-state index is 11.9. The molecule has 1 aromatic heterocycles. The summed E-state index contributed by atoms with van der Waals surface area (Å²) in [7, 11) is 3.15. The van der Waals surface area contributed by atoms with Crippen LogP contribution in [0, 0.1) is 0 Å². The van der Waals surface area contributed by atoms with Crippen molar-refractivity contribution in [3.8, 4) is 0 Å². The fourth-order valence-corrected chi connectivity index (χ4v) is 2.77. The van der Waals surface area contributed by atoms with Gasteiger partial charge in [0.1, 0.15) is 0 Å². The smallest absolute Gasteiger partial charge is 0.305 e. The Labute approximate surface area is 131 Å². The summed E-state index contributed by atoms with van der Waals surface area (Å²) < 4.78 is 3.62. The first-order chi connectivity index (χ1) is 9.91. The predicted molar refractivity (Wildman–Crippen MR) is 86.3 cm³/mol. The van der Waals surface area contributed by atoms with Gasteiger partial charge in [-0.2, -0.15) is 0 Å². The van der Waals surface area contributed by atoms with Gasteiger partial charge in [-0.05, 0) is 18.6 Å². The molecule has 0 amide bonds. The van der Waals surface area contributed by atoms with Crippen LogP contribution in [-0.2, 0) is 20.6 Å².